The number of piperazine rings is 1. The van der Waals surface area contributed by atoms with Crippen molar-refractivity contribution in [3.8, 4) is 0 Å². The summed E-state index contributed by atoms with van der Waals surface area (Å²) in [5, 5.41) is 2.91. The molecule has 2 amide bonds. The molecule has 0 radical (unpaired) electrons. The number of carbonyl (C=O) groups excluding carboxylic acids is 2. The van der Waals surface area contributed by atoms with Crippen LogP contribution in [0.4, 0.5) is 5.82 Å². The first-order chi connectivity index (χ1) is 11.9. The minimum atomic E-state index is -0.173. The van der Waals surface area contributed by atoms with Crippen molar-refractivity contribution in [3.63, 3.8) is 0 Å². The Kier molecular flexibility index (Phi) is 6.69. The molecule has 8 heteroatoms. The van der Waals surface area contributed by atoms with E-state index in [4.69, 9.17) is 0 Å². The smallest absolute Gasteiger partial charge is 0.270 e. The fourth-order valence-corrected chi connectivity index (χ4v) is 2.77. The number of hydrogen-bond acceptors (Lipinski definition) is 6. The molecule has 0 atom stereocenters. The van der Waals surface area contributed by atoms with Crippen LogP contribution in [0.5, 0.6) is 0 Å². The molecule has 0 unspecified atom stereocenters. The molecule has 1 saturated heterocycles. The van der Waals surface area contributed by atoms with Crippen molar-refractivity contribution in [1.82, 2.24) is 25.1 Å². The molecule has 0 aromatic carbocycles. The highest BCUT2D eigenvalue weighted by Crippen LogP contribution is 2.15. The Morgan fingerprint density at radius 1 is 1.20 bits per heavy atom. The molecule has 1 aromatic rings. The summed E-state index contributed by atoms with van der Waals surface area (Å²) < 4.78 is 0. The van der Waals surface area contributed by atoms with Gasteiger partial charge in [-0.1, -0.05) is 0 Å². The lowest BCUT2D eigenvalue weighted by Crippen LogP contribution is -2.48. The topological polar surface area (TPSA) is 81.7 Å². The van der Waals surface area contributed by atoms with Crippen molar-refractivity contribution < 1.29 is 9.59 Å². The van der Waals surface area contributed by atoms with Crippen LogP contribution in [0.15, 0.2) is 6.07 Å². The van der Waals surface area contributed by atoms with Gasteiger partial charge in [-0.3, -0.25) is 9.59 Å². The zero-order chi connectivity index (χ0) is 18.4. The molecule has 2 rings (SSSR count). The molecule has 25 heavy (non-hydrogen) atoms. The first-order valence-corrected chi connectivity index (χ1v) is 8.66. The maximum atomic E-state index is 12.3. The Labute approximate surface area is 149 Å². The van der Waals surface area contributed by atoms with E-state index < -0.39 is 0 Å². The number of aromatic nitrogens is 2. The Morgan fingerprint density at radius 3 is 2.48 bits per heavy atom. The summed E-state index contributed by atoms with van der Waals surface area (Å²) in [6.45, 7) is 7.68. The normalized spacial score (nSPS) is 14.8. The highest BCUT2D eigenvalue weighted by atomic mass is 16.2. The minimum Gasteiger partial charge on any atom is -0.353 e. The fourth-order valence-electron chi connectivity index (χ4n) is 2.77. The highest BCUT2D eigenvalue weighted by Gasteiger charge is 2.21. The molecular weight excluding hydrogens is 320 g/mol. The van der Waals surface area contributed by atoms with Crippen molar-refractivity contribution in [3.05, 3.63) is 17.6 Å². The summed E-state index contributed by atoms with van der Waals surface area (Å²) in [6, 6.07) is 1.73. The third-order valence-electron chi connectivity index (χ3n) is 4.17. The van der Waals surface area contributed by atoms with Crippen LogP contribution in [0, 0.1) is 6.92 Å². The van der Waals surface area contributed by atoms with E-state index in [0.717, 1.165) is 18.8 Å². The van der Waals surface area contributed by atoms with E-state index in [1.807, 2.05) is 19.0 Å². The highest BCUT2D eigenvalue weighted by molar-refractivity contribution is 5.92. The van der Waals surface area contributed by atoms with Crippen LogP contribution in [0.1, 0.15) is 29.7 Å². The lowest BCUT2D eigenvalue weighted by atomic mass is 10.2. The van der Waals surface area contributed by atoms with Gasteiger partial charge >= 0.3 is 0 Å². The average molecular weight is 348 g/mol. The largest absolute Gasteiger partial charge is 0.353 e. The third-order valence-corrected chi connectivity index (χ3v) is 4.17. The number of rotatable bonds is 6. The summed E-state index contributed by atoms with van der Waals surface area (Å²) in [7, 11) is 4.02. The van der Waals surface area contributed by atoms with Gasteiger partial charge in [0.1, 0.15) is 17.3 Å². The van der Waals surface area contributed by atoms with Crippen molar-refractivity contribution in [1.29, 1.82) is 0 Å². The van der Waals surface area contributed by atoms with E-state index in [0.29, 0.717) is 44.2 Å². The number of aryl methyl sites for hydroxylation is 1. The van der Waals surface area contributed by atoms with Gasteiger partial charge in [-0.15, -0.1) is 0 Å². The van der Waals surface area contributed by atoms with E-state index in [2.05, 4.69) is 25.1 Å². The van der Waals surface area contributed by atoms with Crippen molar-refractivity contribution >= 4 is 17.6 Å². The van der Waals surface area contributed by atoms with Gasteiger partial charge in [-0.2, -0.15) is 0 Å². The van der Waals surface area contributed by atoms with Gasteiger partial charge in [0.05, 0.1) is 0 Å². The number of nitrogens with one attached hydrogen (secondary N) is 1. The molecule has 1 aliphatic rings. The van der Waals surface area contributed by atoms with Crippen molar-refractivity contribution in [2.75, 3.05) is 58.3 Å². The Balaban J connectivity index is 1.98. The van der Waals surface area contributed by atoms with Crippen LogP contribution in [0.25, 0.3) is 0 Å². The SMILES string of the molecule is CC(=O)N1CCN(c2cc(C(=O)NCCCN(C)C)nc(C)n2)CC1. The van der Waals surface area contributed by atoms with Crippen molar-refractivity contribution in [2.45, 2.75) is 20.3 Å². The molecule has 138 valence electrons. The molecule has 1 N–H and O–H groups in total. The van der Waals surface area contributed by atoms with Gasteiger partial charge in [0.25, 0.3) is 5.91 Å². The predicted octanol–water partition coefficient (Wildman–Crippen LogP) is 0.135. The lowest BCUT2D eigenvalue weighted by Gasteiger charge is -2.35. The van der Waals surface area contributed by atoms with E-state index in [1.54, 1.807) is 19.9 Å². The molecular formula is C17H28N6O2. The average Bonchev–Trinajstić information content (AvgIpc) is 2.58. The van der Waals surface area contributed by atoms with Gasteiger partial charge in [-0.05, 0) is 34.0 Å². The van der Waals surface area contributed by atoms with Crippen LogP contribution >= 0.6 is 0 Å². The molecule has 0 bridgehead atoms. The second-order valence-electron chi connectivity index (χ2n) is 6.56. The van der Waals surface area contributed by atoms with Crippen LogP contribution in [0.2, 0.25) is 0 Å². The Hall–Kier alpha value is -2.22. The summed E-state index contributed by atoms with van der Waals surface area (Å²) in [5.41, 5.74) is 0.390. The van der Waals surface area contributed by atoms with Gasteiger partial charge < -0.3 is 20.0 Å². The molecule has 0 spiro atoms. The van der Waals surface area contributed by atoms with E-state index in [9.17, 15) is 9.59 Å². The van der Waals surface area contributed by atoms with Gasteiger partial charge in [-0.25, -0.2) is 9.97 Å². The number of carbonyl (C=O) groups is 2. The number of hydrogen-bond donors (Lipinski definition) is 1. The van der Waals surface area contributed by atoms with E-state index in [-0.39, 0.29) is 11.8 Å². The quantitative estimate of drug-likeness (QED) is 0.736. The monoisotopic (exact) mass is 348 g/mol. The first kappa shape index (κ1) is 19.1. The number of amides is 2. The van der Waals surface area contributed by atoms with Gasteiger partial charge in [0.2, 0.25) is 5.91 Å². The second-order valence-corrected chi connectivity index (χ2v) is 6.56. The van der Waals surface area contributed by atoms with E-state index in [1.165, 1.54) is 0 Å². The van der Waals surface area contributed by atoms with Gasteiger partial charge in [0, 0.05) is 45.7 Å². The molecule has 1 aromatic heterocycles. The van der Waals surface area contributed by atoms with Crippen LogP contribution < -0.4 is 10.2 Å². The fraction of sp³-hybridized carbons (Fsp3) is 0.647. The van der Waals surface area contributed by atoms with Crippen LogP contribution in [-0.4, -0.2) is 84.9 Å². The van der Waals surface area contributed by atoms with Crippen LogP contribution in [0.3, 0.4) is 0 Å². The second kappa shape index (κ2) is 8.75. The minimum absolute atomic E-state index is 0.0938. The lowest BCUT2D eigenvalue weighted by molar-refractivity contribution is -0.129. The zero-order valence-corrected chi connectivity index (χ0v) is 15.6. The van der Waals surface area contributed by atoms with Gasteiger partial charge in [0.15, 0.2) is 0 Å². The summed E-state index contributed by atoms with van der Waals surface area (Å²) in [4.78, 5) is 38.5. The maximum absolute atomic E-state index is 12.3. The zero-order valence-electron chi connectivity index (χ0n) is 15.6. The number of anilines is 1. The molecule has 8 nitrogen and oxygen atoms in total. The first-order valence-electron chi connectivity index (χ1n) is 8.66. The summed E-state index contributed by atoms with van der Waals surface area (Å²) >= 11 is 0. The molecule has 1 aliphatic heterocycles. The van der Waals surface area contributed by atoms with Crippen LogP contribution in [-0.2, 0) is 4.79 Å². The molecule has 0 saturated carbocycles. The summed E-state index contributed by atoms with van der Waals surface area (Å²) in [5.74, 6) is 1.24. The number of nitrogens with zero attached hydrogens (tertiary/aromatic N) is 5. The molecule has 0 aliphatic carbocycles. The predicted molar refractivity (Wildman–Crippen MR) is 96.7 cm³/mol. The summed E-state index contributed by atoms with van der Waals surface area (Å²) in [6.07, 6.45) is 0.892. The third kappa shape index (κ3) is 5.67. The maximum Gasteiger partial charge on any atom is 0.270 e. The molecule has 1 fully saturated rings. The van der Waals surface area contributed by atoms with E-state index >= 15 is 0 Å². The Morgan fingerprint density at radius 2 is 1.88 bits per heavy atom. The standard InChI is InChI=1S/C17H28N6O2/c1-13-19-15(17(25)18-6-5-7-21(3)4)12-16(20-13)23-10-8-22(9-11-23)14(2)24/h12H,5-11H2,1-4H3,(H,18,25). The molecule has 2 heterocycles. The Bertz CT molecular complexity index is 611. The van der Waals surface area contributed by atoms with Crippen molar-refractivity contribution in [2.24, 2.45) is 0 Å².